The minimum atomic E-state index is -4.47. The van der Waals surface area contributed by atoms with Gasteiger partial charge in [-0.15, -0.1) is 0 Å². The molecule has 7 heteroatoms. The van der Waals surface area contributed by atoms with E-state index in [4.69, 9.17) is 11.6 Å². The van der Waals surface area contributed by atoms with Crippen LogP contribution in [0.15, 0.2) is 18.2 Å². The number of aliphatic carboxylic acids is 1. The van der Waals surface area contributed by atoms with E-state index in [0.29, 0.717) is 18.7 Å². The first-order valence-electron chi connectivity index (χ1n) is 7.25. The summed E-state index contributed by atoms with van der Waals surface area (Å²) in [7, 11) is 0. The van der Waals surface area contributed by atoms with E-state index in [2.05, 4.69) is 0 Å². The quantitative estimate of drug-likeness (QED) is 0.867. The highest BCUT2D eigenvalue weighted by molar-refractivity contribution is 6.31. The zero-order valence-electron chi connectivity index (χ0n) is 13.1. The molecule has 1 fully saturated rings. The molecule has 0 spiro atoms. The average Bonchev–Trinajstić information content (AvgIpc) is 2.82. The van der Waals surface area contributed by atoms with E-state index in [0.717, 1.165) is 12.1 Å². The molecule has 0 unspecified atom stereocenters. The van der Waals surface area contributed by atoms with E-state index in [9.17, 15) is 23.1 Å². The van der Waals surface area contributed by atoms with E-state index in [1.807, 2.05) is 25.7 Å². The number of hydrogen-bond acceptors (Lipinski definition) is 2. The van der Waals surface area contributed by atoms with E-state index < -0.39 is 29.5 Å². The van der Waals surface area contributed by atoms with Crippen molar-refractivity contribution in [3.05, 3.63) is 34.3 Å². The van der Waals surface area contributed by atoms with Crippen LogP contribution in [-0.4, -0.2) is 34.6 Å². The molecule has 3 nitrogen and oxygen atoms in total. The first-order chi connectivity index (χ1) is 10.4. The Morgan fingerprint density at radius 2 is 1.87 bits per heavy atom. The van der Waals surface area contributed by atoms with E-state index in [1.54, 1.807) is 0 Å². The fourth-order valence-electron chi connectivity index (χ4n) is 2.92. The molecule has 1 aliphatic rings. The maximum absolute atomic E-state index is 12.7. The third-order valence-corrected chi connectivity index (χ3v) is 4.64. The van der Waals surface area contributed by atoms with Crippen LogP contribution in [0.2, 0.25) is 5.02 Å². The third kappa shape index (κ3) is 3.80. The Kier molecular flexibility index (Phi) is 4.70. The van der Waals surface area contributed by atoms with Gasteiger partial charge in [-0.3, -0.25) is 9.69 Å². The minimum absolute atomic E-state index is 0.0353. The summed E-state index contributed by atoms with van der Waals surface area (Å²) < 4.78 is 38.2. The SMILES string of the molecule is CC(C)(C)N1C[C@@H](C(=O)O)[C@H](c2ccc(C(F)(F)F)cc2Cl)C1. The molecule has 0 amide bonds. The van der Waals surface area contributed by atoms with Crippen molar-refractivity contribution in [2.75, 3.05) is 13.1 Å². The topological polar surface area (TPSA) is 40.5 Å². The van der Waals surface area contributed by atoms with Gasteiger partial charge in [0, 0.05) is 29.6 Å². The van der Waals surface area contributed by atoms with Crippen LogP contribution in [0.3, 0.4) is 0 Å². The van der Waals surface area contributed by atoms with Gasteiger partial charge in [0.1, 0.15) is 0 Å². The van der Waals surface area contributed by atoms with Gasteiger partial charge in [0.2, 0.25) is 0 Å². The second-order valence-corrected chi connectivity index (χ2v) is 7.27. The minimum Gasteiger partial charge on any atom is -0.481 e. The Bertz CT molecular complexity index is 610. The average molecular weight is 350 g/mol. The molecule has 23 heavy (non-hydrogen) atoms. The van der Waals surface area contributed by atoms with Crippen molar-refractivity contribution < 1.29 is 23.1 Å². The standard InChI is InChI=1S/C16H19ClF3NO2/c1-15(2,3)21-7-11(12(8-21)14(22)23)10-5-4-9(6-13(10)17)16(18,19)20/h4-6,11-12H,7-8H2,1-3H3,(H,22,23)/t11-,12+/m0/s1. The summed E-state index contributed by atoms with van der Waals surface area (Å²) >= 11 is 6.04. The Morgan fingerprint density at radius 3 is 2.30 bits per heavy atom. The van der Waals surface area contributed by atoms with Crippen molar-refractivity contribution in [2.24, 2.45) is 5.92 Å². The molecular weight excluding hydrogens is 331 g/mol. The zero-order chi connectivity index (χ0) is 17.6. The lowest BCUT2D eigenvalue weighted by Gasteiger charge is -2.31. The zero-order valence-corrected chi connectivity index (χ0v) is 13.9. The van der Waals surface area contributed by atoms with Crippen LogP contribution in [0.4, 0.5) is 13.2 Å². The number of halogens is 4. The first-order valence-corrected chi connectivity index (χ1v) is 7.63. The third-order valence-electron chi connectivity index (χ3n) is 4.31. The molecule has 0 aliphatic carbocycles. The monoisotopic (exact) mass is 349 g/mol. The highest BCUT2D eigenvalue weighted by Gasteiger charge is 2.43. The van der Waals surface area contributed by atoms with Gasteiger partial charge in [-0.2, -0.15) is 13.2 Å². The summed E-state index contributed by atoms with van der Waals surface area (Å²) in [5.41, 5.74) is -0.594. The van der Waals surface area contributed by atoms with Gasteiger partial charge in [0.05, 0.1) is 11.5 Å². The van der Waals surface area contributed by atoms with Crippen molar-refractivity contribution in [1.82, 2.24) is 4.90 Å². The summed E-state index contributed by atoms with van der Waals surface area (Å²) in [5.74, 6) is -2.08. The Labute approximate surface area is 138 Å². The van der Waals surface area contributed by atoms with Gasteiger partial charge in [-0.1, -0.05) is 17.7 Å². The normalized spacial score (nSPS) is 23.3. The van der Waals surface area contributed by atoms with Crippen molar-refractivity contribution in [1.29, 1.82) is 0 Å². The number of carbonyl (C=O) groups is 1. The highest BCUT2D eigenvalue weighted by Crippen LogP contribution is 2.41. The van der Waals surface area contributed by atoms with Gasteiger partial charge in [0.25, 0.3) is 0 Å². The van der Waals surface area contributed by atoms with Crippen LogP contribution in [0.1, 0.15) is 37.8 Å². The molecule has 0 aromatic heterocycles. The van der Waals surface area contributed by atoms with Crippen molar-refractivity contribution in [3.63, 3.8) is 0 Å². The number of benzene rings is 1. The van der Waals surface area contributed by atoms with Crippen molar-refractivity contribution >= 4 is 17.6 Å². The van der Waals surface area contributed by atoms with Crippen LogP contribution in [-0.2, 0) is 11.0 Å². The van der Waals surface area contributed by atoms with Crippen LogP contribution >= 0.6 is 11.6 Å². The van der Waals surface area contributed by atoms with Crippen LogP contribution in [0.5, 0.6) is 0 Å². The fraction of sp³-hybridized carbons (Fsp3) is 0.562. The highest BCUT2D eigenvalue weighted by atomic mass is 35.5. The van der Waals surface area contributed by atoms with Crippen molar-refractivity contribution in [2.45, 2.75) is 38.4 Å². The summed E-state index contributed by atoms with van der Waals surface area (Å²) in [6.45, 7) is 6.72. The molecular formula is C16H19ClF3NO2. The molecule has 0 bridgehead atoms. The number of likely N-dealkylation sites (tertiary alicyclic amines) is 1. The molecule has 128 valence electrons. The predicted molar refractivity (Wildman–Crippen MR) is 81.6 cm³/mol. The molecule has 1 saturated heterocycles. The molecule has 1 heterocycles. The van der Waals surface area contributed by atoms with Crippen LogP contribution < -0.4 is 0 Å². The Morgan fingerprint density at radius 1 is 1.26 bits per heavy atom. The Balaban J connectivity index is 2.37. The molecule has 1 aliphatic heterocycles. The maximum Gasteiger partial charge on any atom is 0.416 e. The molecule has 2 atom stereocenters. The van der Waals surface area contributed by atoms with Crippen LogP contribution in [0, 0.1) is 5.92 Å². The lowest BCUT2D eigenvalue weighted by Crippen LogP contribution is -2.40. The fourth-order valence-corrected chi connectivity index (χ4v) is 3.24. The number of rotatable bonds is 2. The number of carboxylic acids is 1. The molecule has 1 aromatic carbocycles. The maximum atomic E-state index is 12.7. The largest absolute Gasteiger partial charge is 0.481 e. The molecule has 2 rings (SSSR count). The smallest absolute Gasteiger partial charge is 0.416 e. The second-order valence-electron chi connectivity index (χ2n) is 6.86. The first kappa shape index (κ1) is 18.1. The molecule has 0 radical (unpaired) electrons. The summed E-state index contributed by atoms with van der Waals surface area (Å²) in [6, 6.07) is 3.13. The molecule has 0 saturated carbocycles. The van der Waals surface area contributed by atoms with Gasteiger partial charge < -0.3 is 5.11 Å². The summed E-state index contributed by atoms with van der Waals surface area (Å²) in [6.07, 6.45) is -4.47. The lowest BCUT2D eigenvalue weighted by molar-refractivity contribution is -0.142. The summed E-state index contributed by atoms with van der Waals surface area (Å²) in [4.78, 5) is 13.6. The lowest BCUT2D eigenvalue weighted by atomic mass is 9.88. The molecule has 1 N–H and O–H groups in total. The van der Waals surface area contributed by atoms with E-state index in [-0.39, 0.29) is 10.6 Å². The predicted octanol–water partition coefficient (Wildman–Crippen LogP) is 4.26. The van der Waals surface area contributed by atoms with Crippen molar-refractivity contribution in [3.8, 4) is 0 Å². The number of carboxylic acid groups (broad SMARTS) is 1. The van der Waals surface area contributed by atoms with E-state index in [1.165, 1.54) is 6.07 Å². The van der Waals surface area contributed by atoms with Gasteiger partial charge in [0.15, 0.2) is 0 Å². The van der Waals surface area contributed by atoms with Gasteiger partial charge >= 0.3 is 12.1 Å². The number of nitrogens with zero attached hydrogens (tertiary/aromatic N) is 1. The Hall–Kier alpha value is -1.27. The van der Waals surface area contributed by atoms with Gasteiger partial charge in [-0.05, 0) is 38.5 Å². The van der Waals surface area contributed by atoms with Crippen LogP contribution in [0.25, 0.3) is 0 Å². The second kappa shape index (κ2) is 5.98. The summed E-state index contributed by atoms with van der Waals surface area (Å²) in [5, 5.41) is 9.42. The molecule has 1 aromatic rings. The number of alkyl halides is 3. The van der Waals surface area contributed by atoms with E-state index >= 15 is 0 Å². The number of hydrogen-bond donors (Lipinski definition) is 1. The van der Waals surface area contributed by atoms with Gasteiger partial charge in [-0.25, -0.2) is 0 Å².